The van der Waals surface area contributed by atoms with Crippen LogP contribution < -0.4 is 5.32 Å². The summed E-state index contributed by atoms with van der Waals surface area (Å²) in [5, 5.41) is 2.81. The smallest absolute Gasteiger partial charge is 0.275 e. The van der Waals surface area contributed by atoms with Crippen molar-refractivity contribution in [3.05, 3.63) is 78.2 Å². The normalized spacial score (nSPS) is 15.8. The maximum atomic E-state index is 13.0. The number of hydrogen-bond acceptors (Lipinski definition) is 5. The van der Waals surface area contributed by atoms with Crippen LogP contribution in [0.3, 0.4) is 0 Å². The zero-order valence-electron chi connectivity index (χ0n) is 17.7. The molecule has 1 aliphatic rings. The van der Waals surface area contributed by atoms with Crippen molar-refractivity contribution in [1.82, 2.24) is 19.8 Å². The van der Waals surface area contributed by atoms with Gasteiger partial charge >= 0.3 is 0 Å². The fraction of sp³-hybridized carbons (Fsp3) is 0.250. The number of nitrogens with one attached hydrogen (secondary N) is 1. The van der Waals surface area contributed by atoms with Gasteiger partial charge in [0.05, 0.1) is 18.1 Å². The summed E-state index contributed by atoms with van der Waals surface area (Å²) in [6.07, 6.45) is 4.01. The number of carbonyl (C=O) groups excluding carboxylic acids is 2. The lowest BCUT2D eigenvalue weighted by Crippen LogP contribution is -2.34. The molecule has 1 fully saturated rings. The van der Waals surface area contributed by atoms with Crippen LogP contribution in [-0.4, -0.2) is 64.8 Å². The fourth-order valence-electron chi connectivity index (χ4n) is 3.67. The zero-order valence-corrected chi connectivity index (χ0v) is 17.7. The van der Waals surface area contributed by atoms with Gasteiger partial charge < -0.3 is 15.1 Å². The summed E-state index contributed by atoms with van der Waals surface area (Å²) in [6, 6.07) is 16.9. The van der Waals surface area contributed by atoms with Gasteiger partial charge in [0.1, 0.15) is 5.69 Å². The largest absolute Gasteiger partial charge is 0.337 e. The van der Waals surface area contributed by atoms with Crippen LogP contribution in [-0.2, 0) is 0 Å². The fourth-order valence-corrected chi connectivity index (χ4v) is 3.67. The van der Waals surface area contributed by atoms with Gasteiger partial charge in [-0.15, -0.1) is 0 Å². The summed E-state index contributed by atoms with van der Waals surface area (Å²) in [5.41, 5.74) is 2.80. The Morgan fingerprint density at radius 1 is 1.06 bits per heavy atom. The van der Waals surface area contributed by atoms with E-state index < -0.39 is 0 Å². The third kappa shape index (κ3) is 4.78. The van der Waals surface area contributed by atoms with Crippen LogP contribution >= 0.6 is 0 Å². The van der Waals surface area contributed by atoms with Gasteiger partial charge in [0, 0.05) is 35.9 Å². The predicted molar refractivity (Wildman–Crippen MR) is 120 cm³/mol. The van der Waals surface area contributed by atoms with E-state index >= 15 is 0 Å². The molecule has 3 aromatic rings. The molecule has 158 valence electrons. The van der Waals surface area contributed by atoms with Crippen LogP contribution in [0.2, 0.25) is 0 Å². The molecule has 0 aliphatic carbocycles. The number of nitrogens with zero attached hydrogens (tertiary/aromatic N) is 4. The van der Waals surface area contributed by atoms with E-state index in [1.807, 2.05) is 73.6 Å². The maximum Gasteiger partial charge on any atom is 0.275 e. The summed E-state index contributed by atoms with van der Waals surface area (Å²) < 4.78 is 0. The predicted octanol–water partition coefficient (Wildman–Crippen LogP) is 3.17. The van der Waals surface area contributed by atoms with E-state index in [1.54, 1.807) is 6.20 Å². The van der Waals surface area contributed by atoms with E-state index in [-0.39, 0.29) is 17.5 Å². The van der Waals surface area contributed by atoms with E-state index in [1.165, 1.54) is 6.20 Å². The van der Waals surface area contributed by atoms with Gasteiger partial charge in [-0.2, -0.15) is 0 Å². The molecule has 1 aromatic heterocycles. The number of benzene rings is 2. The molecule has 0 unspecified atom stereocenters. The number of carbonyl (C=O) groups is 2. The van der Waals surface area contributed by atoms with Crippen molar-refractivity contribution >= 4 is 17.5 Å². The second-order valence-corrected chi connectivity index (χ2v) is 7.85. The lowest BCUT2D eigenvalue weighted by Gasteiger charge is -2.20. The Morgan fingerprint density at radius 2 is 1.87 bits per heavy atom. The van der Waals surface area contributed by atoms with Gasteiger partial charge in [0.15, 0.2) is 0 Å². The van der Waals surface area contributed by atoms with Crippen molar-refractivity contribution in [3.63, 3.8) is 0 Å². The van der Waals surface area contributed by atoms with Gasteiger partial charge in [0.2, 0.25) is 0 Å². The molecule has 2 aromatic carbocycles. The number of aromatic nitrogens is 2. The van der Waals surface area contributed by atoms with Crippen LogP contribution in [0, 0.1) is 0 Å². The topological polar surface area (TPSA) is 78.4 Å². The number of para-hydroxylation sites is 1. The first-order valence-electron chi connectivity index (χ1n) is 10.3. The van der Waals surface area contributed by atoms with Crippen molar-refractivity contribution in [2.24, 2.45) is 0 Å². The number of rotatable bonds is 5. The molecule has 2 heterocycles. The average Bonchev–Trinajstić information content (AvgIpc) is 3.30. The molecule has 0 spiro atoms. The second-order valence-electron chi connectivity index (χ2n) is 7.85. The highest BCUT2D eigenvalue weighted by atomic mass is 16.2. The van der Waals surface area contributed by atoms with Crippen LogP contribution in [0.4, 0.5) is 5.69 Å². The molecule has 1 atom stereocenters. The van der Waals surface area contributed by atoms with E-state index in [0.29, 0.717) is 23.0 Å². The third-order valence-electron chi connectivity index (χ3n) is 5.49. The molecule has 1 saturated heterocycles. The van der Waals surface area contributed by atoms with Crippen molar-refractivity contribution in [3.8, 4) is 11.3 Å². The van der Waals surface area contributed by atoms with Crippen molar-refractivity contribution in [2.75, 3.05) is 32.5 Å². The van der Waals surface area contributed by atoms with Gasteiger partial charge in [-0.05, 0) is 44.8 Å². The Balaban J connectivity index is 1.52. The highest BCUT2D eigenvalue weighted by Crippen LogP contribution is 2.21. The van der Waals surface area contributed by atoms with E-state index in [9.17, 15) is 9.59 Å². The number of likely N-dealkylation sites (tertiary alicyclic amines) is 1. The van der Waals surface area contributed by atoms with Crippen molar-refractivity contribution < 1.29 is 9.59 Å². The Kier molecular flexibility index (Phi) is 6.04. The van der Waals surface area contributed by atoms with Crippen LogP contribution in [0.15, 0.2) is 67.0 Å². The van der Waals surface area contributed by atoms with Gasteiger partial charge in [-0.3, -0.25) is 14.6 Å². The summed E-state index contributed by atoms with van der Waals surface area (Å²) in [5.74, 6) is -0.322. The summed E-state index contributed by atoms with van der Waals surface area (Å²) in [4.78, 5) is 38.2. The van der Waals surface area contributed by atoms with E-state index in [4.69, 9.17) is 0 Å². The first-order valence-corrected chi connectivity index (χ1v) is 10.3. The Morgan fingerprint density at radius 3 is 2.61 bits per heavy atom. The SMILES string of the molecule is CN(C)[C@@H]1CCN(C(=O)c2cccc(-c3cncc(C(=O)Nc4ccccc4)n3)c2)C1. The standard InChI is InChI=1S/C24H25N5O2/c1-28(2)20-11-12-29(16-20)24(31)18-8-6-7-17(13-18)21-14-25-15-22(27-21)23(30)26-19-9-4-3-5-10-19/h3-10,13-15,20H,11-12,16H2,1-2H3,(H,26,30)/t20-/m1/s1. The Hall–Kier alpha value is -3.58. The lowest BCUT2D eigenvalue weighted by atomic mass is 10.1. The van der Waals surface area contributed by atoms with Crippen LogP contribution in [0.1, 0.15) is 27.3 Å². The van der Waals surface area contributed by atoms with Crippen LogP contribution in [0.25, 0.3) is 11.3 Å². The van der Waals surface area contributed by atoms with Crippen molar-refractivity contribution in [1.29, 1.82) is 0 Å². The maximum absolute atomic E-state index is 13.0. The van der Waals surface area contributed by atoms with Gasteiger partial charge in [-0.1, -0.05) is 30.3 Å². The summed E-state index contributed by atoms with van der Waals surface area (Å²) in [7, 11) is 4.08. The monoisotopic (exact) mass is 415 g/mol. The molecule has 31 heavy (non-hydrogen) atoms. The zero-order chi connectivity index (χ0) is 21.8. The molecule has 2 amide bonds. The number of likely N-dealkylation sites (N-methyl/N-ethyl adjacent to an activating group) is 1. The molecule has 1 N–H and O–H groups in total. The number of anilines is 1. The highest BCUT2D eigenvalue weighted by Gasteiger charge is 2.28. The van der Waals surface area contributed by atoms with E-state index in [2.05, 4.69) is 20.2 Å². The van der Waals surface area contributed by atoms with Crippen molar-refractivity contribution in [2.45, 2.75) is 12.5 Å². The first-order chi connectivity index (χ1) is 15.0. The molecule has 4 rings (SSSR count). The molecular formula is C24H25N5O2. The van der Waals surface area contributed by atoms with Crippen LogP contribution in [0.5, 0.6) is 0 Å². The van der Waals surface area contributed by atoms with E-state index in [0.717, 1.165) is 25.1 Å². The Labute approximate surface area is 181 Å². The number of hydrogen-bond donors (Lipinski definition) is 1. The Bertz CT molecular complexity index is 1080. The van der Waals surface area contributed by atoms with Gasteiger partial charge in [-0.25, -0.2) is 4.98 Å². The quantitative estimate of drug-likeness (QED) is 0.693. The molecule has 7 nitrogen and oxygen atoms in total. The lowest BCUT2D eigenvalue weighted by molar-refractivity contribution is 0.0783. The molecule has 0 radical (unpaired) electrons. The molecule has 1 aliphatic heterocycles. The first kappa shape index (κ1) is 20.7. The summed E-state index contributed by atoms with van der Waals surface area (Å²) in [6.45, 7) is 1.48. The minimum Gasteiger partial charge on any atom is -0.337 e. The second kappa shape index (κ2) is 9.06. The molecule has 0 bridgehead atoms. The summed E-state index contributed by atoms with van der Waals surface area (Å²) >= 11 is 0. The highest BCUT2D eigenvalue weighted by molar-refractivity contribution is 6.03. The molecular weight excluding hydrogens is 390 g/mol. The minimum absolute atomic E-state index is 0.0112. The minimum atomic E-state index is -0.334. The van der Waals surface area contributed by atoms with Gasteiger partial charge in [0.25, 0.3) is 11.8 Å². The molecule has 0 saturated carbocycles. The average molecular weight is 415 g/mol. The third-order valence-corrected chi connectivity index (χ3v) is 5.49. The number of amides is 2. The molecule has 7 heteroatoms.